The highest BCUT2D eigenvalue weighted by Crippen LogP contribution is 2.38. The topological polar surface area (TPSA) is 122 Å². The van der Waals surface area contributed by atoms with Crippen molar-refractivity contribution in [3.63, 3.8) is 0 Å². The fourth-order valence-electron chi connectivity index (χ4n) is 2.09. The molecule has 0 saturated carbocycles. The van der Waals surface area contributed by atoms with Gasteiger partial charge in [0.25, 0.3) is 0 Å². The van der Waals surface area contributed by atoms with E-state index in [1.807, 2.05) is 0 Å². The van der Waals surface area contributed by atoms with Gasteiger partial charge in [-0.15, -0.1) is 0 Å². The first kappa shape index (κ1) is 15.2. The van der Waals surface area contributed by atoms with E-state index in [4.69, 9.17) is 15.1 Å². The molecule has 0 atom stereocenters. The zero-order valence-corrected chi connectivity index (χ0v) is 11.2. The van der Waals surface area contributed by atoms with E-state index in [-0.39, 0.29) is 36.5 Å². The summed E-state index contributed by atoms with van der Waals surface area (Å²) in [4.78, 5) is 11.4. The van der Waals surface area contributed by atoms with Gasteiger partial charge in [-0.05, 0) is 18.1 Å². The van der Waals surface area contributed by atoms with Crippen LogP contribution in [0.3, 0.4) is 0 Å². The second-order valence-electron chi connectivity index (χ2n) is 4.59. The average molecular weight is 292 g/mol. The molecule has 0 spiro atoms. The number of hydrogen-bond donors (Lipinski definition) is 4. The van der Waals surface area contributed by atoms with E-state index in [1.54, 1.807) is 6.07 Å². The van der Waals surface area contributed by atoms with Gasteiger partial charge in [0.05, 0.1) is 12.3 Å². The van der Waals surface area contributed by atoms with Gasteiger partial charge in [0.2, 0.25) is 0 Å². The molecule has 21 heavy (non-hydrogen) atoms. The second-order valence-corrected chi connectivity index (χ2v) is 4.59. The average Bonchev–Trinajstić information content (AvgIpc) is 2.41. The van der Waals surface area contributed by atoms with E-state index >= 15 is 0 Å². The lowest BCUT2D eigenvalue weighted by atomic mass is 9.70. The van der Waals surface area contributed by atoms with Crippen molar-refractivity contribution in [2.45, 2.75) is 12.7 Å². The van der Waals surface area contributed by atoms with Crippen LogP contribution in [0.25, 0.3) is 0 Å². The van der Waals surface area contributed by atoms with Crippen molar-refractivity contribution in [2.75, 3.05) is 13.2 Å². The van der Waals surface area contributed by atoms with Crippen LogP contribution in [0, 0.1) is 11.8 Å². The van der Waals surface area contributed by atoms with Crippen molar-refractivity contribution in [2.24, 2.45) is 5.73 Å². The van der Waals surface area contributed by atoms with Crippen molar-refractivity contribution < 1.29 is 29.3 Å². The van der Waals surface area contributed by atoms with Crippen LogP contribution in [0.1, 0.15) is 15.9 Å². The Balaban J connectivity index is 2.37. The maximum atomic E-state index is 11.4. The van der Waals surface area contributed by atoms with Crippen LogP contribution in [0.5, 0.6) is 11.5 Å². The van der Waals surface area contributed by atoms with Crippen LogP contribution in [-0.4, -0.2) is 41.0 Å². The lowest BCUT2D eigenvalue weighted by molar-refractivity contribution is 0.0689. The summed E-state index contributed by atoms with van der Waals surface area (Å²) < 4.78 is 10.3. The van der Waals surface area contributed by atoms with Crippen molar-refractivity contribution in [3.05, 3.63) is 23.3 Å². The Kier molecular flexibility index (Phi) is 4.38. The van der Waals surface area contributed by atoms with E-state index in [2.05, 4.69) is 11.8 Å². The second kappa shape index (κ2) is 6.05. The molecule has 1 aromatic rings. The van der Waals surface area contributed by atoms with Crippen molar-refractivity contribution in [1.82, 2.24) is 0 Å². The summed E-state index contributed by atoms with van der Waals surface area (Å²) >= 11 is 0. The van der Waals surface area contributed by atoms with E-state index in [1.165, 1.54) is 6.07 Å². The van der Waals surface area contributed by atoms with Gasteiger partial charge >= 0.3 is 12.7 Å². The number of carboxylic acid groups (broad SMARTS) is 1. The standard InChI is InChI=1S/C13H15BNO6/c15-7-1-2-8-20-10-4-3-9-5-6-14(18,19)21-12(9)11(10)13(16)17/h3-4,18-19H,5-8,15H2,(H,16,17)/q-1. The van der Waals surface area contributed by atoms with Gasteiger partial charge < -0.3 is 30.3 Å². The molecule has 0 fully saturated rings. The molecule has 1 heterocycles. The highest BCUT2D eigenvalue weighted by atomic mass is 16.6. The number of rotatable bonds is 3. The molecular weight excluding hydrogens is 277 g/mol. The molecule has 1 aromatic carbocycles. The van der Waals surface area contributed by atoms with E-state index < -0.39 is 12.7 Å². The number of nitrogens with two attached hydrogens (primary N) is 1. The van der Waals surface area contributed by atoms with Crippen molar-refractivity contribution in [1.29, 1.82) is 0 Å². The molecule has 0 saturated heterocycles. The third kappa shape index (κ3) is 3.46. The van der Waals surface area contributed by atoms with Crippen LogP contribution in [0.15, 0.2) is 12.1 Å². The molecule has 0 amide bonds. The van der Waals surface area contributed by atoms with Gasteiger partial charge in [-0.2, -0.15) is 0 Å². The molecule has 1 aliphatic rings. The maximum Gasteiger partial charge on any atom is 0.430 e. The number of carboxylic acids is 1. The minimum atomic E-state index is -3.04. The minimum Gasteiger partial charge on any atom is -0.669 e. The van der Waals surface area contributed by atoms with Crippen LogP contribution in [0.2, 0.25) is 6.32 Å². The zero-order chi connectivity index (χ0) is 15.5. The Morgan fingerprint density at radius 1 is 1.43 bits per heavy atom. The van der Waals surface area contributed by atoms with Crippen LogP contribution < -0.4 is 15.1 Å². The SMILES string of the molecule is NCC#CCOc1ccc2c(c1C(=O)O)O[B-](O)(O)CC2. The first-order valence-electron chi connectivity index (χ1n) is 6.41. The van der Waals surface area contributed by atoms with Crippen LogP contribution in [0.4, 0.5) is 0 Å². The molecule has 5 N–H and O–H groups in total. The molecular formula is C13H15BNO6-. The molecule has 0 radical (unpaired) electrons. The quantitative estimate of drug-likeness (QED) is 0.441. The Morgan fingerprint density at radius 3 is 2.86 bits per heavy atom. The molecule has 8 heteroatoms. The highest BCUT2D eigenvalue weighted by Gasteiger charge is 2.32. The summed E-state index contributed by atoms with van der Waals surface area (Å²) in [7, 11) is 0. The molecule has 0 bridgehead atoms. The monoisotopic (exact) mass is 292 g/mol. The van der Waals surface area contributed by atoms with Gasteiger partial charge in [0.15, 0.2) is 0 Å². The summed E-state index contributed by atoms with van der Waals surface area (Å²) in [6.07, 6.45) is 0.337. The largest absolute Gasteiger partial charge is 0.669 e. The predicted molar refractivity (Wildman–Crippen MR) is 75.1 cm³/mol. The predicted octanol–water partition coefficient (Wildman–Crippen LogP) is -0.416. The maximum absolute atomic E-state index is 11.4. The lowest BCUT2D eigenvalue weighted by Crippen LogP contribution is -2.45. The zero-order valence-electron chi connectivity index (χ0n) is 11.2. The molecule has 112 valence electrons. The normalized spacial score (nSPS) is 15.2. The first-order chi connectivity index (χ1) is 9.94. The number of aromatic carboxylic acids is 1. The highest BCUT2D eigenvalue weighted by molar-refractivity contribution is 6.59. The molecule has 0 aliphatic carbocycles. The first-order valence-corrected chi connectivity index (χ1v) is 6.41. The fourth-order valence-corrected chi connectivity index (χ4v) is 2.09. The molecule has 7 nitrogen and oxygen atoms in total. The smallest absolute Gasteiger partial charge is 0.430 e. The van der Waals surface area contributed by atoms with Crippen LogP contribution in [-0.2, 0) is 6.42 Å². The summed E-state index contributed by atoms with van der Waals surface area (Å²) in [5.74, 6) is 3.92. The van der Waals surface area contributed by atoms with E-state index in [9.17, 15) is 19.9 Å². The number of aryl methyl sites for hydroxylation is 1. The summed E-state index contributed by atoms with van der Waals surface area (Å²) in [6, 6.07) is 3.14. The Bertz CT molecular complexity index is 619. The Hall–Kier alpha value is -2.21. The molecule has 0 unspecified atom stereocenters. The van der Waals surface area contributed by atoms with Crippen molar-refractivity contribution in [3.8, 4) is 23.3 Å². The van der Waals surface area contributed by atoms with Crippen molar-refractivity contribution >= 4 is 12.7 Å². The van der Waals surface area contributed by atoms with E-state index in [0.717, 1.165) is 0 Å². The van der Waals surface area contributed by atoms with Gasteiger partial charge in [0.1, 0.15) is 17.9 Å². The summed E-state index contributed by atoms with van der Waals surface area (Å²) in [5, 5.41) is 28.5. The lowest BCUT2D eigenvalue weighted by Gasteiger charge is -2.37. The molecule has 0 aromatic heterocycles. The van der Waals surface area contributed by atoms with Gasteiger partial charge in [0, 0.05) is 0 Å². The van der Waals surface area contributed by atoms with Crippen LogP contribution >= 0.6 is 0 Å². The van der Waals surface area contributed by atoms with E-state index in [0.29, 0.717) is 12.0 Å². The number of hydrogen-bond acceptors (Lipinski definition) is 6. The van der Waals surface area contributed by atoms with Gasteiger partial charge in [-0.1, -0.05) is 24.2 Å². The minimum absolute atomic E-state index is 0.0221. The number of benzene rings is 1. The molecule has 1 aliphatic heterocycles. The summed E-state index contributed by atoms with van der Waals surface area (Å²) in [6.45, 7) is -2.88. The number of ether oxygens (including phenoxy) is 1. The number of fused-ring (bicyclic) bond motifs is 1. The third-order valence-electron chi connectivity index (χ3n) is 3.04. The Morgan fingerprint density at radius 2 is 2.19 bits per heavy atom. The fraction of sp³-hybridized carbons (Fsp3) is 0.308. The Labute approximate surface area is 121 Å². The third-order valence-corrected chi connectivity index (χ3v) is 3.04. The number of carbonyl (C=O) groups is 1. The molecule has 2 rings (SSSR count). The summed E-state index contributed by atoms with van der Waals surface area (Å²) in [5.41, 5.74) is 5.56. The van der Waals surface area contributed by atoms with Gasteiger partial charge in [-0.25, -0.2) is 4.79 Å². The van der Waals surface area contributed by atoms with Gasteiger partial charge in [-0.3, -0.25) is 0 Å².